The highest BCUT2D eigenvalue weighted by molar-refractivity contribution is 6.32. The van der Waals surface area contributed by atoms with Crippen LogP contribution in [0.25, 0.3) is 22.2 Å². The second-order valence-corrected chi connectivity index (χ2v) is 4.57. The number of nitrogens with one attached hydrogen (secondary N) is 1. The van der Waals surface area contributed by atoms with Crippen molar-refractivity contribution in [1.29, 1.82) is 0 Å². The number of H-pyrrole nitrogens is 1. The summed E-state index contributed by atoms with van der Waals surface area (Å²) in [5.41, 5.74) is 8.22. The molecule has 3 N–H and O–H groups in total. The van der Waals surface area contributed by atoms with Gasteiger partial charge in [-0.25, -0.2) is 15.0 Å². The number of halogens is 1. The van der Waals surface area contributed by atoms with Gasteiger partial charge in [0.2, 0.25) is 0 Å². The highest BCUT2D eigenvalue weighted by Crippen LogP contribution is 2.28. The lowest BCUT2D eigenvalue weighted by Crippen LogP contribution is -1.93. The number of nitrogens with two attached hydrogens (primary N) is 1. The Morgan fingerprint density at radius 2 is 2.16 bits per heavy atom. The molecule has 6 heteroatoms. The summed E-state index contributed by atoms with van der Waals surface area (Å²) >= 11 is 6.17. The van der Waals surface area contributed by atoms with Crippen molar-refractivity contribution < 1.29 is 0 Å². The molecule has 0 aliphatic carbocycles. The third-order valence-electron chi connectivity index (χ3n) is 2.98. The van der Waals surface area contributed by atoms with E-state index in [-0.39, 0.29) is 0 Å². The number of benzene rings is 1. The van der Waals surface area contributed by atoms with Gasteiger partial charge in [0.15, 0.2) is 0 Å². The van der Waals surface area contributed by atoms with Gasteiger partial charge < -0.3 is 10.7 Å². The Balaban J connectivity index is 2.17. The molecular weight excluding hydrogens is 262 g/mol. The van der Waals surface area contributed by atoms with Crippen LogP contribution in [-0.4, -0.2) is 19.9 Å². The van der Waals surface area contributed by atoms with E-state index in [9.17, 15) is 0 Å². The summed E-state index contributed by atoms with van der Waals surface area (Å²) in [7, 11) is 0. The second-order valence-electron chi connectivity index (χ2n) is 4.19. The number of anilines is 1. The lowest BCUT2D eigenvalue weighted by molar-refractivity contribution is 0.991. The first-order valence-electron chi connectivity index (χ1n) is 5.94. The lowest BCUT2D eigenvalue weighted by Gasteiger charge is -2.02. The molecule has 2 aromatic heterocycles. The molecule has 0 saturated carbocycles. The van der Waals surface area contributed by atoms with Crippen LogP contribution in [0.1, 0.15) is 12.7 Å². The minimum Gasteiger partial charge on any atom is -0.383 e. The van der Waals surface area contributed by atoms with Gasteiger partial charge in [0.25, 0.3) is 0 Å². The standard InChI is InChI=1S/C13H12ClN5/c1-2-10-18-11(12(14)19-10)7-3-4-8-9(5-7)16-6-17-13(8)15/h3-6H,2H2,1H3,(H,18,19)(H2,15,16,17). The average molecular weight is 274 g/mol. The smallest absolute Gasteiger partial charge is 0.134 e. The summed E-state index contributed by atoms with van der Waals surface area (Å²) in [5, 5.41) is 1.37. The van der Waals surface area contributed by atoms with Gasteiger partial charge in [-0.15, -0.1) is 0 Å². The van der Waals surface area contributed by atoms with E-state index < -0.39 is 0 Å². The van der Waals surface area contributed by atoms with Crippen molar-refractivity contribution in [1.82, 2.24) is 19.9 Å². The molecule has 0 aliphatic rings. The highest BCUT2D eigenvalue weighted by atomic mass is 35.5. The molecule has 3 rings (SSSR count). The first-order valence-corrected chi connectivity index (χ1v) is 6.32. The van der Waals surface area contributed by atoms with Crippen molar-refractivity contribution in [2.45, 2.75) is 13.3 Å². The summed E-state index contributed by atoms with van der Waals surface area (Å²) < 4.78 is 0. The molecule has 0 amide bonds. The third kappa shape index (κ3) is 2.02. The molecule has 1 aromatic carbocycles. The molecule has 0 fully saturated rings. The molecule has 0 aliphatic heterocycles. The highest BCUT2D eigenvalue weighted by Gasteiger charge is 2.11. The Morgan fingerprint density at radius 1 is 1.32 bits per heavy atom. The molecule has 0 saturated heterocycles. The molecule has 2 heterocycles. The SMILES string of the molecule is CCc1nc(-c2ccc3c(N)ncnc3c2)c(Cl)[nH]1. The normalized spacial score (nSPS) is 11.1. The molecule has 0 spiro atoms. The topological polar surface area (TPSA) is 80.5 Å². The van der Waals surface area contributed by atoms with Gasteiger partial charge in [-0.05, 0) is 12.1 Å². The Hall–Kier alpha value is -2.14. The first kappa shape index (κ1) is 11.9. The number of rotatable bonds is 2. The van der Waals surface area contributed by atoms with Gasteiger partial charge in [-0.3, -0.25) is 0 Å². The van der Waals surface area contributed by atoms with Crippen LogP contribution >= 0.6 is 11.6 Å². The van der Waals surface area contributed by atoms with Crippen molar-refractivity contribution in [3.63, 3.8) is 0 Å². The zero-order valence-corrected chi connectivity index (χ0v) is 11.1. The van der Waals surface area contributed by atoms with Gasteiger partial charge in [-0.1, -0.05) is 24.6 Å². The first-order chi connectivity index (χ1) is 9.19. The predicted octanol–water partition coefficient (Wildman–Crippen LogP) is 2.82. The van der Waals surface area contributed by atoms with Crippen LogP contribution in [-0.2, 0) is 6.42 Å². The molecule has 5 nitrogen and oxygen atoms in total. The zero-order valence-electron chi connectivity index (χ0n) is 10.3. The molecular formula is C13H12ClN5. The summed E-state index contributed by atoms with van der Waals surface area (Å²) in [5.74, 6) is 1.33. The number of nitrogens with zero attached hydrogens (tertiary/aromatic N) is 3. The summed E-state index contributed by atoms with van der Waals surface area (Å²) in [4.78, 5) is 15.7. The molecule has 0 atom stereocenters. The fourth-order valence-electron chi connectivity index (χ4n) is 1.98. The monoisotopic (exact) mass is 273 g/mol. The number of aromatic amines is 1. The molecule has 96 valence electrons. The van der Waals surface area contributed by atoms with Crippen LogP contribution in [0, 0.1) is 0 Å². The predicted molar refractivity (Wildman–Crippen MR) is 75.9 cm³/mol. The number of hydrogen-bond acceptors (Lipinski definition) is 4. The molecule has 19 heavy (non-hydrogen) atoms. The van der Waals surface area contributed by atoms with E-state index in [0.717, 1.165) is 34.4 Å². The number of nitrogen functional groups attached to an aromatic ring is 1. The average Bonchev–Trinajstić information content (AvgIpc) is 2.80. The fraction of sp³-hybridized carbons (Fsp3) is 0.154. The quantitative estimate of drug-likeness (QED) is 0.752. The van der Waals surface area contributed by atoms with E-state index in [4.69, 9.17) is 17.3 Å². The van der Waals surface area contributed by atoms with Crippen LogP contribution in [0.15, 0.2) is 24.5 Å². The Kier molecular flexibility index (Phi) is 2.83. The molecule has 0 radical (unpaired) electrons. The number of aryl methyl sites for hydroxylation is 1. The van der Waals surface area contributed by atoms with E-state index in [0.29, 0.717) is 11.0 Å². The van der Waals surface area contributed by atoms with Crippen LogP contribution in [0.5, 0.6) is 0 Å². The van der Waals surface area contributed by atoms with Crippen molar-refractivity contribution in [3.8, 4) is 11.3 Å². The maximum absolute atomic E-state index is 6.17. The number of fused-ring (bicyclic) bond motifs is 1. The van der Waals surface area contributed by atoms with E-state index in [1.807, 2.05) is 25.1 Å². The summed E-state index contributed by atoms with van der Waals surface area (Å²) in [6.45, 7) is 2.02. The lowest BCUT2D eigenvalue weighted by atomic mass is 10.1. The molecule has 3 aromatic rings. The van der Waals surface area contributed by atoms with E-state index in [1.54, 1.807) is 0 Å². The Morgan fingerprint density at radius 3 is 2.89 bits per heavy atom. The van der Waals surface area contributed by atoms with Crippen molar-refractivity contribution >= 4 is 28.3 Å². The van der Waals surface area contributed by atoms with Crippen LogP contribution in [0.2, 0.25) is 5.15 Å². The van der Waals surface area contributed by atoms with Crippen molar-refractivity contribution in [2.24, 2.45) is 0 Å². The van der Waals surface area contributed by atoms with Crippen LogP contribution in [0.3, 0.4) is 0 Å². The fourth-order valence-corrected chi connectivity index (χ4v) is 2.24. The van der Waals surface area contributed by atoms with Crippen LogP contribution < -0.4 is 5.73 Å². The van der Waals surface area contributed by atoms with Crippen LogP contribution in [0.4, 0.5) is 5.82 Å². The minimum absolute atomic E-state index is 0.471. The largest absolute Gasteiger partial charge is 0.383 e. The maximum atomic E-state index is 6.17. The van der Waals surface area contributed by atoms with Gasteiger partial charge in [0.1, 0.15) is 28.8 Å². The minimum atomic E-state index is 0.471. The molecule has 0 bridgehead atoms. The van der Waals surface area contributed by atoms with Gasteiger partial charge in [-0.2, -0.15) is 0 Å². The van der Waals surface area contributed by atoms with Gasteiger partial charge in [0.05, 0.1) is 5.52 Å². The Bertz CT molecular complexity index is 750. The number of aromatic nitrogens is 4. The third-order valence-corrected chi connectivity index (χ3v) is 3.26. The van der Waals surface area contributed by atoms with Gasteiger partial charge >= 0.3 is 0 Å². The van der Waals surface area contributed by atoms with E-state index in [1.165, 1.54) is 6.33 Å². The number of imidazole rings is 1. The van der Waals surface area contributed by atoms with E-state index >= 15 is 0 Å². The van der Waals surface area contributed by atoms with Crippen molar-refractivity contribution in [2.75, 3.05) is 5.73 Å². The molecule has 0 unspecified atom stereocenters. The zero-order chi connectivity index (χ0) is 13.4. The van der Waals surface area contributed by atoms with Crippen molar-refractivity contribution in [3.05, 3.63) is 35.5 Å². The van der Waals surface area contributed by atoms with E-state index in [2.05, 4.69) is 19.9 Å². The second kappa shape index (κ2) is 4.51. The summed E-state index contributed by atoms with van der Waals surface area (Å²) in [6.07, 6.45) is 2.26. The van der Waals surface area contributed by atoms with Gasteiger partial charge in [0, 0.05) is 17.4 Å². The summed E-state index contributed by atoms with van der Waals surface area (Å²) in [6, 6.07) is 5.72. The maximum Gasteiger partial charge on any atom is 0.134 e. The number of hydrogen-bond donors (Lipinski definition) is 2. The Labute approximate surface area is 114 Å².